The molecule has 42 heavy (non-hydrogen) atoms. The van der Waals surface area contributed by atoms with Gasteiger partial charge in [0.2, 0.25) is 17.7 Å². The van der Waals surface area contributed by atoms with E-state index in [0.717, 1.165) is 18.7 Å². The fraction of sp³-hybridized carbons (Fsp3) is 0.516. The van der Waals surface area contributed by atoms with Crippen LogP contribution in [0.25, 0.3) is 0 Å². The van der Waals surface area contributed by atoms with Gasteiger partial charge in [0, 0.05) is 37.6 Å². The Morgan fingerprint density at radius 2 is 1.71 bits per heavy atom. The molecule has 4 heterocycles. The third kappa shape index (κ3) is 5.26. The standard InChI is InChI=1S/C31H37BrN4O6/c32-22-17-31-25(24(26(22)42-31)28(38)34-18-20-7-3-1-4-8-20)30(40)36(23(19-37)21-9-5-2-6-10-21)27(31)29(39)33-11-12-35-13-15-41-16-14-35/h1-10,22-27,37H,11-19H2,(H,33,39)(H,34,38)/t22?,23-,24+,25+,26+,27?,31?/m1/s1. The van der Waals surface area contributed by atoms with Crippen LogP contribution in [-0.4, -0.2) is 101 Å². The Morgan fingerprint density at radius 3 is 2.40 bits per heavy atom. The molecule has 0 radical (unpaired) electrons. The van der Waals surface area contributed by atoms with Crippen molar-refractivity contribution in [3.8, 4) is 0 Å². The third-order valence-corrected chi connectivity index (χ3v) is 9.96. The van der Waals surface area contributed by atoms with Crippen LogP contribution in [0.15, 0.2) is 60.7 Å². The molecular formula is C31H37BrN4O6. The summed E-state index contributed by atoms with van der Waals surface area (Å²) in [7, 11) is 0. The molecule has 11 heteroatoms. The second kappa shape index (κ2) is 12.4. The second-order valence-corrected chi connectivity index (χ2v) is 12.6. The molecule has 4 aliphatic rings. The van der Waals surface area contributed by atoms with E-state index >= 15 is 0 Å². The summed E-state index contributed by atoms with van der Waals surface area (Å²) in [5, 5.41) is 16.7. The summed E-state index contributed by atoms with van der Waals surface area (Å²) in [5.74, 6) is -2.57. The van der Waals surface area contributed by atoms with Crippen molar-refractivity contribution in [1.29, 1.82) is 0 Å². The minimum Gasteiger partial charge on any atom is -0.394 e. The number of alkyl halides is 1. The fourth-order valence-corrected chi connectivity index (χ4v) is 8.14. The summed E-state index contributed by atoms with van der Waals surface area (Å²) in [6.45, 7) is 3.92. The fourth-order valence-electron chi connectivity index (χ4n) is 7.19. The molecule has 4 aliphatic heterocycles. The molecule has 2 aromatic carbocycles. The number of hydrogen-bond acceptors (Lipinski definition) is 7. The van der Waals surface area contributed by atoms with Gasteiger partial charge < -0.3 is 30.1 Å². The van der Waals surface area contributed by atoms with Crippen LogP contribution in [0.3, 0.4) is 0 Å². The zero-order chi connectivity index (χ0) is 29.3. The largest absolute Gasteiger partial charge is 0.394 e. The number of aliphatic hydroxyl groups excluding tert-OH is 1. The minimum absolute atomic E-state index is 0.207. The summed E-state index contributed by atoms with van der Waals surface area (Å²) in [6, 6.07) is 17.0. The van der Waals surface area contributed by atoms with Crippen molar-refractivity contribution in [2.24, 2.45) is 11.8 Å². The highest BCUT2D eigenvalue weighted by molar-refractivity contribution is 9.09. The van der Waals surface area contributed by atoms with Crippen molar-refractivity contribution in [2.45, 2.75) is 41.6 Å². The maximum absolute atomic E-state index is 14.4. The summed E-state index contributed by atoms with van der Waals surface area (Å²) < 4.78 is 12.0. The molecule has 2 aromatic rings. The molecule has 4 fully saturated rings. The van der Waals surface area contributed by atoms with Crippen LogP contribution in [-0.2, 0) is 30.4 Å². The van der Waals surface area contributed by atoms with E-state index in [2.05, 4.69) is 31.5 Å². The molecule has 0 saturated carbocycles. The van der Waals surface area contributed by atoms with Gasteiger partial charge in [0.25, 0.3) is 0 Å². The number of benzene rings is 2. The van der Waals surface area contributed by atoms with Gasteiger partial charge in [-0.25, -0.2) is 0 Å². The molecule has 2 bridgehead atoms. The number of halogens is 1. The first-order chi connectivity index (χ1) is 20.4. The molecule has 7 atom stereocenters. The van der Waals surface area contributed by atoms with E-state index in [1.165, 1.54) is 4.90 Å². The van der Waals surface area contributed by atoms with Crippen LogP contribution in [0.2, 0.25) is 0 Å². The van der Waals surface area contributed by atoms with E-state index in [9.17, 15) is 19.5 Å². The number of hydrogen-bond donors (Lipinski definition) is 3. The number of fused-ring (bicyclic) bond motifs is 1. The van der Waals surface area contributed by atoms with E-state index in [-0.39, 0.29) is 29.2 Å². The molecular weight excluding hydrogens is 604 g/mol. The lowest BCUT2D eigenvalue weighted by Gasteiger charge is -2.37. The van der Waals surface area contributed by atoms with Gasteiger partial charge in [-0.1, -0.05) is 76.6 Å². The monoisotopic (exact) mass is 640 g/mol. The number of amides is 3. The topological polar surface area (TPSA) is 120 Å². The number of nitrogens with zero attached hydrogens (tertiary/aromatic N) is 2. The second-order valence-electron chi connectivity index (χ2n) is 11.5. The normalized spacial score (nSPS) is 31.1. The zero-order valence-corrected chi connectivity index (χ0v) is 24.9. The van der Waals surface area contributed by atoms with Gasteiger partial charge in [-0.2, -0.15) is 0 Å². The average Bonchev–Trinajstić information content (AvgIpc) is 3.61. The molecule has 3 N–H and O–H groups in total. The number of nitrogens with one attached hydrogen (secondary N) is 2. The van der Waals surface area contributed by atoms with Crippen molar-refractivity contribution in [3.05, 3.63) is 71.8 Å². The Labute approximate surface area is 253 Å². The molecule has 4 saturated heterocycles. The number of likely N-dealkylation sites (tertiary alicyclic amines) is 1. The minimum atomic E-state index is -1.20. The van der Waals surface area contributed by atoms with Gasteiger partial charge in [0.05, 0.1) is 43.8 Å². The number of carbonyl (C=O) groups excluding carboxylic acids is 3. The van der Waals surface area contributed by atoms with Gasteiger partial charge in [-0.15, -0.1) is 0 Å². The van der Waals surface area contributed by atoms with Gasteiger partial charge in [0.1, 0.15) is 11.6 Å². The van der Waals surface area contributed by atoms with Gasteiger partial charge >= 0.3 is 0 Å². The van der Waals surface area contributed by atoms with E-state index in [1.807, 2.05) is 60.7 Å². The lowest BCUT2D eigenvalue weighted by atomic mass is 9.70. The smallest absolute Gasteiger partial charge is 0.245 e. The van der Waals surface area contributed by atoms with Gasteiger partial charge in [0.15, 0.2) is 0 Å². The van der Waals surface area contributed by atoms with E-state index in [1.54, 1.807) is 0 Å². The van der Waals surface area contributed by atoms with Gasteiger partial charge in [-0.05, 0) is 17.5 Å². The number of carbonyl (C=O) groups is 3. The van der Waals surface area contributed by atoms with Crippen LogP contribution in [0.1, 0.15) is 23.6 Å². The molecule has 0 aromatic heterocycles. The Morgan fingerprint density at radius 1 is 1.02 bits per heavy atom. The van der Waals surface area contributed by atoms with Crippen LogP contribution < -0.4 is 10.6 Å². The molecule has 0 aliphatic carbocycles. The average molecular weight is 642 g/mol. The Hall–Kier alpha value is -2.83. The predicted molar refractivity (Wildman–Crippen MR) is 157 cm³/mol. The summed E-state index contributed by atoms with van der Waals surface area (Å²) in [6.07, 6.45) is -0.147. The highest BCUT2D eigenvalue weighted by atomic mass is 79.9. The van der Waals surface area contributed by atoms with Crippen molar-refractivity contribution >= 4 is 33.7 Å². The van der Waals surface area contributed by atoms with Crippen molar-refractivity contribution < 1.29 is 29.0 Å². The Bertz CT molecular complexity index is 1280. The highest BCUT2D eigenvalue weighted by Gasteiger charge is 2.77. The molecule has 6 rings (SSSR count). The van der Waals surface area contributed by atoms with E-state index in [0.29, 0.717) is 44.8 Å². The van der Waals surface area contributed by atoms with E-state index in [4.69, 9.17) is 9.47 Å². The zero-order valence-electron chi connectivity index (χ0n) is 23.4. The maximum atomic E-state index is 14.4. The van der Waals surface area contributed by atoms with Crippen LogP contribution in [0.5, 0.6) is 0 Å². The highest BCUT2D eigenvalue weighted by Crippen LogP contribution is 2.61. The third-order valence-electron chi connectivity index (χ3n) is 9.11. The number of aliphatic hydroxyl groups is 1. The quantitative estimate of drug-likeness (QED) is 0.334. The summed E-state index contributed by atoms with van der Waals surface area (Å²) in [4.78, 5) is 45.7. The number of ether oxygens (including phenoxy) is 2. The SMILES string of the molecule is O=C(NCCN1CCOCC1)C1N([C@H](CO)c2ccccc2)C(=O)[C@@H]2[C@H](C(=O)NCc3ccccc3)[C@H]3OC12CC3Br. The number of rotatable bonds is 10. The molecule has 1 spiro atoms. The lowest BCUT2D eigenvalue weighted by molar-refractivity contribution is -0.145. The summed E-state index contributed by atoms with van der Waals surface area (Å²) >= 11 is 3.72. The van der Waals surface area contributed by atoms with Crippen molar-refractivity contribution in [3.63, 3.8) is 0 Å². The lowest BCUT2D eigenvalue weighted by Crippen LogP contribution is -2.57. The first-order valence-corrected chi connectivity index (χ1v) is 15.6. The van der Waals surface area contributed by atoms with Gasteiger partial charge in [-0.3, -0.25) is 19.3 Å². The first-order valence-electron chi connectivity index (χ1n) is 14.6. The van der Waals surface area contributed by atoms with Crippen LogP contribution in [0, 0.1) is 11.8 Å². The van der Waals surface area contributed by atoms with Crippen LogP contribution in [0.4, 0.5) is 0 Å². The Balaban J connectivity index is 1.29. The van der Waals surface area contributed by atoms with E-state index < -0.39 is 35.6 Å². The maximum Gasteiger partial charge on any atom is 0.245 e. The first kappa shape index (κ1) is 29.3. The summed E-state index contributed by atoms with van der Waals surface area (Å²) in [5.41, 5.74) is 0.461. The molecule has 10 nitrogen and oxygen atoms in total. The predicted octanol–water partition coefficient (Wildman–Crippen LogP) is 1.23. The molecule has 224 valence electrons. The van der Waals surface area contributed by atoms with Crippen molar-refractivity contribution in [2.75, 3.05) is 46.0 Å². The number of morpholine rings is 1. The Kier molecular flexibility index (Phi) is 8.65. The molecule has 3 unspecified atom stereocenters. The molecule has 3 amide bonds. The van der Waals surface area contributed by atoms with Crippen molar-refractivity contribution in [1.82, 2.24) is 20.4 Å². The van der Waals surface area contributed by atoms with Crippen LogP contribution >= 0.6 is 15.9 Å².